The van der Waals surface area contributed by atoms with Crippen molar-refractivity contribution in [2.45, 2.75) is 10.8 Å². The fourth-order valence-corrected chi connectivity index (χ4v) is 3.59. The maximum absolute atomic E-state index is 12.7. The zero-order valence-corrected chi connectivity index (χ0v) is 14.8. The molecular weight excluding hydrogens is 368 g/mol. The van der Waals surface area contributed by atoms with Gasteiger partial charge in [-0.25, -0.2) is 4.98 Å². The van der Waals surface area contributed by atoms with Crippen LogP contribution in [0.1, 0.15) is 10.4 Å². The number of alkyl halides is 2. The van der Waals surface area contributed by atoms with Crippen molar-refractivity contribution >= 4 is 35.0 Å². The maximum Gasteiger partial charge on any atom is 0.290 e. The van der Waals surface area contributed by atoms with Crippen LogP contribution in [0.25, 0.3) is 0 Å². The van der Waals surface area contributed by atoms with Gasteiger partial charge in [0.15, 0.2) is 0 Å². The molecule has 0 aliphatic carbocycles. The molecule has 0 atom stereocenters. The third-order valence-corrected chi connectivity index (χ3v) is 5.01. The molecule has 132 valence electrons. The number of para-hydroxylation sites is 1. The van der Waals surface area contributed by atoms with Crippen molar-refractivity contribution in [3.8, 4) is 0 Å². The summed E-state index contributed by atoms with van der Waals surface area (Å²) in [6, 6.07) is 10.7. The highest BCUT2D eigenvalue weighted by Gasteiger charge is 2.26. The first kappa shape index (κ1) is 17.9. The number of anilines is 1. The Morgan fingerprint density at radius 1 is 1.12 bits per heavy atom. The fourth-order valence-electron chi connectivity index (χ4n) is 2.76. The van der Waals surface area contributed by atoms with Gasteiger partial charge >= 0.3 is 0 Å². The number of benzene rings is 1. The number of aromatic nitrogens is 1. The summed E-state index contributed by atoms with van der Waals surface area (Å²) in [7, 11) is 0. The molecule has 4 nitrogen and oxygen atoms in total. The van der Waals surface area contributed by atoms with Crippen LogP contribution in [0.15, 0.2) is 47.6 Å². The highest BCUT2D eigenvalue weighted by molar-refractivity contribution is 7.99. The number of rotatable bonds is 4. The third kappa shape index (κ3) is 4.22. The predicted molar refractivity (Wildman–Crippen MR) is 95.7 cm³/mol. The van der Waals surface area contributed by atoms with Gasteiger partial charge in [0.05, 0.1) is 16.3 Å². The van der Waals surface area contributed by atoms with Gasteiger partial charge < -0.3 is 9.80 Å². The Labute approximate surface area is 153 Å². The molecule has 1 aromatic carbocycles. The minimum atomic E-state index is -2.61. The largest absolute Gasteiger partial charge is 0.367 e. The van der Waals surface area contributed by atoms with E-state index in [-0.39, 0.29) is 16.5 Å². The number of halogens is 3. The van der Waals surface area contributed by atoms with Crippen LogP contribution >= 0.6 is 23.4 Å². The summed E-state index contributed by atoms with van der Waals surface area (Å²) >= 11 is 6.51. The molecule has 3 rings (SSSR count). The number of thioether (sulfide) groups is 1. The van der Waals surface area contributed by atoms with E-state index in [4.69, 9.17) is 11.6 Å². The highest BCUT2D eigenvalue weighted by Crippen LogP contribution is 2.29. The van der Waals surface area contributed by atoms with Crippen LogP contribution in [0, 0.1) is 0 Å². The molecule has 1 fully saturated rings. The lowest BCUT2D eigenvalue weighted by atomic mass is 10.2. The molecule has 0 spiro atoms. The second-order valence-corrected chi connectivity index (χ2v) is 6.85. The second kappa shape index (κ2) is 8.01. The van der Waals surface area contributed by atoms with E-state index in [1.165, 1.54) is 6.20 Å². The Morgan fingerprint density at radius 3 is 2.52 bits per heavy atom. The van der Waals surface area contributed by atoms with E-state index >= 15 is 0 Å². The molecule has 8 heteroatoms. The summed E-state index contributed by atoms with van der Waals surface area (Å²) in [5.74, 6) is -2.88. The minimum absolute atomic E-state index is 0.0658. The standard InChI is InChI=1S/C17H16ClF2N3OS/c18-13-5-1-2-6-14(13)22-8-10-23(11-9-22)16(24)12-4-3-7-21-15(12)25-17(19)20/h1-7,17H,8-11H2. The fraction of sp³-hybridized carbons (Fsp3) is 0.294. The number of pyridine rings is 1. The van der Waals surface area contributed by atoms with Gasteiger partial charge in [0.2, 0.25) is 0 Å². The van der Waals surface area contributed by atoms with Gasteiger partial charge in [-0.2, -0.15) is 8.78 Å². The van der Waals surface area contributed by atoms with E-state index in [1.54, 1.807) is 17.0 Å². The Kier molecular flexibility index (Phi) is 5.75. The van der Waals surface area contributed by atoms with Gasteiger partial charge in [-0.1, -0.05) is 23.7 Å². The normalized spacial score (nSPS) is 14.9. The molecule has 25 heavy (non-hydrogen) atoms. The molecule has 0 bridgehead atoms. The minimum Gasteiger partial charge on any atom is -0.367 e. The number of carbonyl (C=O) groups excluding carboxylic acids is 1. The van der Waals surface area contributed by atoms with Crippen LogP contribution in [0.2, 0.25) is 5.02 Å². The highest BCUT2D eigenvalue weighted by atomic mass is 35.5. The van der Waals surface area contributed by atoms with Crippen LogP contribution in [0.4, 0.5) is 14.5 Å². The molecule has 2 heterocycles. The number of piperazine rings is 1. The summed E-state index contributed by atoms with van der Waals surface area (Å²) < 4.78 is 25.3. The molecule has 1 aliphatic rings. The van der Waals surface area contributed by atoms with E-state index < -0.39 is 5.76 Å². The van der Waals surface area contributed by atoms with E-state index in [9.17, 15) is 13.6 Å². The zero-order valence-electron chi connectivity index (χ0n) is 13.2. The van der Waals surface area contributed by atoms with Crippen molar-refractivity contribution in [2.24, 2.45) is 0 Å². The SMILES string of the molecule is O=C(c1cccnc1SC(F)F)N1CCN(c2ccccc2Cl)CC1. The van der Waals surface area contributed by atoms with Crippen LogP contribution in [0.5, 0.6) is 0 Å². The molecule has 1 aliphatic heterocycles. The average Bonchev–Trinajstić information content (AvgIpc) is 2.62. The summed E-state index contributed by atoms with van der Waals surface area (Å²) in [6.45, 7) is 2.26. The second-order valence-electron chi connectivity index (χ2n) is 5.47. The Hall–Kier alpha value is -1.86. The van der Waals surface area contributed by atoms with Gasteiger partial charge in [-0.3, -0.25) is 4.79 Å². The Balaban J connectivity index is 1.69. The van der Waals surface area contributed by atoms with E-state index in [0.717, 1.165) is 5.69 Å². The van der Waals surface area contributed by atoms with Gasteiger partial charge in [0.25, 0.3) is 11.7 Å². The van der Waals surface area contributed by atoms with Crippen LogP contribution in [-0.4, -0.2) is 47.7 Å². The molecule has 0 N–H and O–H groups in total. The number of nitrogens with zero attached hydrogens (tertiary/aromatic N) is 3. The molecule has 0 radical (unpaired) electrons. The lowest BCUT2D eigenvalue weighted by Crippen LogP contribution is -2.49. The number of amides is 1. The predicted octanol–water partition coefficient (Wildman–Crippen LogP) is 4.01. The van der Waals surface area contributed by atoms with E-state index in [2.05, 4.69) is 9.88 Å². The Morgan fingerprint density at radius 2 is 1.84 bits per heavy atom. The molecule has 1 saturated heterocycles. The van der Waals surface area contributed by atoms with Crippen molar-refractivity contribution in [1.82, 2.24) is 9.88 Å². The topological polar surface area (TPSA) is 36.4 Å². The van der Waals surface area contributed by atoms with Crippen molar-refractivity contribution < 1.29 is 13.6 Å². The van der Waals surface area contributed by atoms with E-state index in [1.807, 2.05) is 24.3 Å². The van der Waals surface area contributed by atoms with E-state index in [0.29, 0.717) is 43.0 Å². The van der Waals surface area contributed by atoms with Gasteiger partial charge in [-0.15, -0.1) is 0 Å². The van der Waals surface area contributed by atoms with Crippen LogP contribution in [-0.2, 0) is 0 Å². The van der Waals surface area contributed by atoms with Crippen LogP contribution < -0.4 is 4.90 Å². The first-order valence-electron chi connectivity index (χ1n) is 7.75. The maximum atomic E-state index is 12.7. The lowest BCUT2D eigenvalue weighted by Gasteiger charge is -2.36. The van der Waals surface area contributed by atoms with Crippen LogP contribution in [0.3, 0.4) is 0 Å². The van der Waals surface area contributed by atoms with Crippen molar-refractivity contribution in [2.75, 3.05) is 31.1 Å². The molecule has 1 aromatic heterocycles. The average molecular weight is 384 g/mol. The third-order valence-electron chi connectivity index (χ3n) is 3.96. The van der Waals surface area contributed by atoms with Gasteiger partial charge in [-0.05, 0) is 36.0 Å². The summed E-state index contributed by atoms with van der Waals surface area (Å²) in [6.07, 6.45) is 1.41. The Bertz CT molecular complexity index is 754. The molecule has 0 unspecified atom stereocenters. The molecule has 0 saturated carbocycles. The quantitative estimate of drug-likeness (QED) is 0.747. The first-order chi connectivity index (χ1) is 12.1. The smallest absolute Gasteiger partial charge is 0.290 e. The summed E-state index contributed by atoms with van der Waals surface area (Å²) in [5.41, 5.74) is 1.16. The lowest BCUT2D eigenvalue weighted by molar-refractivity contribution is 0.0742. The van der Waals surface area contributed by atoms with Gasteiger partial charge in [0, 0.05) is 32.4 Å². The summed E-state index contributed by atoms with van der Waals surface area (Å²) in [5, 5.41) is 0.737. The van der Waals surface area contributed by atoms with Gasteiger partial charge in [0.1, 0.15) is 5.03 Å². The van der Waals surface area contributed by atoms with Crippen molar-refractivity contribution in [1.29, 1.82) is 0 Å². The number of carbonyl (C=O) groups is 1. The van der Waals surface area contributed by atoms with Crippen molar-refractivity contribution in [3.05, 3.63) is 53.2 Å². The van der Waals surface area contributed by atoms with Crippen molar-refractivity contribution in [3.63, 3.8) is 0 Å². The summed E-state index contributed by atoms with van der Waals surface area (Å²) in [4.78, 5) is 20.4. The monoisotopic (exact) mass is 383 g/mol. The number of hydrogen-bond acceptors (Lipinski definition) is 4. The molecule has 1 amide bonds. The zero-order chi connectivity index (χ0) is 17.8. The molecule has 2 aromatic rings. The molecular formula is C17H16ClF2N3OS. The first-order valence-corrected chi connectivity index (χ1v) is 9.00. The number of hydrogen-bond donors (Lipinski definition) is 0.